The van der Waals surface area contributed by atoms with Crippen molar-refractivity contribution in [2.45, 2.75) is 9.79 Å². The van der Waals surface area contributed by atoms with Crippen molar-refractivity contribution in [3.8, 4) is 0 Å². The topological polar surface area (TPSA) is 198 Å². The van der Waals surface area contributed by atoms with E-state index in [2.05, 4.69) is 10.6 Å². The third kappa shape index (κ3) is 7.86. The fourth-order valence-corrected chi connectivity index (χ4v) is 5.41. The molecule has 17 heteroatoms. The summed E-state index contributed by atoms with van der Waals surface area (Å²) in [4.78, 5) is 24.2. The van der Waals surface area contributed by atoms with Crippen molar-refractivity contribution >= 4 is 72.3 Å². The van der Waals surface area contributed by atoms with Crippen LogP contribution in [-0.4, -0.2) is 42.3 Å². The van der Waals surface area contributed by atoms with Crippen LogP contribution in [0.15, 0.2) is 76.7 Å². The summed E-state index contributed by atoms with van der Waals surface area (Å²) in [5, 5.41) is 4.61. The van der Waals surface area contributed by atoms with E-state index in [0.717, 1.165) is 12.1 Å². The van der Waals surface area contributed by atoms with Crippen LogP contribution in [0.5, 0.6) is 0 Å². The smallest absolute Gasteiger partial charge is 1.00 e. The van der Waals surface area contributed by atoms with Crippen LogP contribution in [0, 0.1) is 0 Å². The number of carbonyl (C=O) groups excluding carboxylic acids is 2. The molecule has 4 aromatic rings. The number of fused-ring (bicyclic) bond motifs is 1. The molecule has 4 rings (SSSR count). The minimum absolute atomic E-state index is 0. The van der Waals surface area contributed by atoms with Crippen molar-refractivity contribution in [3.63, 3.8) is 0 Å². The summed E-state index contributed by atoms with van der Waals surface area (Å²) in [7, 11) is -8.04. The van der Waals surface area contributed by atoms with Gasteiger partial charge in [0.05, 0.1) is 11.4 Å². The molecule has 0 radical (unpaired) electrons. The van der Waals surface area contributed by atoms with Gasteiger partial charge in [-0.3, -0.25) is 18.7 Å². The van der Waals surface area contributed by atoms with Gasteiger partial charge in [0, 0.05) is 35.3 Å². The molecule has 3 aromatic carbocycles. The van der Waals surface area contributed by atoms with Crippen molar-refractivity contribution < 1.29 is 97.5 Å². The van der Waals surface area contributed by atoms with E-state index < -0.39 is 41.8 Å². The maximum absolute atomic E-state index is 13.0. The van der Waals surface area contributed by atoms with E-state index in [9.17, 15) is 35.5 Å². The summed E-state index contributed by atoms with van der Waals surface area (Å²) in [6.45, 7) is 0. The zero-order chi connectivity index (χ0) is 27.1. The molecule has 12 nitrogen and oxygen atoms in total. The first-order chi connectivity index (χ1) is 17.3. The number of aromatic nitrogens is 1. The molecule has 0 aliphatic carbocycles. The van der Waals surface area contributed by atoms with Gasteiger partial charge < -0.3 is 23.8 Å². The number of hydrogen-bond acceptors (Lipinski definition) is 7. The number of amides is 2. The Balaban J connectivity index is 0. The van der Waals surface area contributed by atoms with E-state index in [4.69, 9.17) is 5.73 Å². The summed E-state index contributed by atoms with van der Waals surface area (Å²) in [5.74, 6) is -1.26. The van der Waals surface area contributed by atoms with Crippen LogP contribution in [-0.2, 0) is 27.3 Å². The molecule has 6 N–H and O–H groups in total. The quantitative estimate of drug-likeness (QED) is 0.112. The van der Waals surface area contributed by atoms with Crippen LogP contribution in [0.25, 0.3) is 10.8 Å². The zero-order valence-corrected chi connectivity index (χ0v) is 27.9. The number of nitrogens with two attached hydrogens (primary N) is 1. The number of carbonyl (C=O) groups is 2. The molecule has 0 spiro atoms. The molecule has 0 aliphatic heterocycles. The fraction of sp³-hybridized carbons (Fsp3) is 0.0435. The van der Waals surface area contributed by atoms with E-state index in [0.29, 0.717) is 5.69 Å². The molecule has 0 saturated heterocycles. The number of nitrogen functional groups attached to an aromatic ring is 1. The van der Waals surface area contributed by atoms with E-state index >= 15 is 0 Å². The monoisotopic (exact) mass is 628 g/mol. The number of hydrogen-bond donors (Lipinski definition) is 5. The molecule has 0 aliphatic rings. The van der Waals surface area contributed by atoms with Gasteiger partial charge in [-0.1, -0.05) is 24.3 Å². The zero-order valence-electron chi connectivity index (χ0n) is 23.4. The molecule has 0 unspecified atom stereocenters. The molecule has 0 bridgehead atoms. The number of aryl methyl sites for hydroxylation is 1. The predicted octanol–water partition coefficient (Wildman–Crippen LogP) is -2.59. The number of rotatable bonds is 6. The Labute approximate surface area is 283 Å². The maximum atomic E-state index is 13.0. The van der Waals surface area contributed by atoms with Crippen molar-refractivity contribution in [2.75, 3.05) is 16.4 Å². The van der Waals surface area contributed by atoms with Crippen LogP contribution >= 0.6 is 12.4 Å². The van der Waals surface area contributed by atoms with E-state index in [1.165, 1.54) is 53.1 Å². The van der Waals surface area contributed by atoms with Gasteiger partial charge in [0.15, 0.2) is 0 Å². The van der Waals surface area contributed by atoms with Crippen molar-refractivity contribution in [3.05, 3.63) is 78.1 Å². The SMILES string of the molecule is Cl.Cn1cc(N)cc1C(=O)Nc1cccc(C(=O)Nc2ccc3c(S(=O)(=O)O)cccc3c2S(=O)(=O)O)c1.[H-].[H-].[Na+].[Na+]. The van der Waals surface area contributed by atoms with Crippen LogP contribution in [0.4, 0.5) is 17.1 Å². The fourth-order valence-electron chi connectivity index (χ4n) is 3.85. The number of halogens is 1. The Hall–Kier alpha value is -1.95. The van der Waals surface area contributed by atoms with Gasteiger partial charge in [-0.2, -0.15) is 16.8 Å². The number of anilines is 3. The Morgan fingerprint density at radius 1 is 0.850 bits per heavy atom. The second kappa shape index (κ2) is 13.8. The minimum Gasteiger partial charge on any atom is -1.00 e. The third-order valence-electron chi connectivity index (χ3n) is 5.40. The molecular weight excluding hydrogens is 606 g/mol. The summed E-state index contributed by atoms with van der Waals surface area (Å²) >= 11 is 0. The summed E-state index contributed by atoms with van der Waals surface area (Å²) in [6.07, 6.45) is 1.56. The maximum Gasteiger partial charge on any atom is 1.00 e. The molecule has 0 saturated carbocycles. The first-order valence-electron chi connectivity index (χ1n) is 10.4. The van der Waals surface area contributed by atoms with Crippen LogP contribution in [0.3, 0.4) is 0 Å². The predicted molar refractivity (Wildman–Crippen MR) is 145 cm³/mol. The largest absolute Gasteiger partial charge is 1.00 e. The molecule has 0 atom stereocenters. The third-order valence-corrected chi connectivity index (χ3v) is 7.27. The van der Waals surface area contributed by atoms with Gasteiger partial charge in [0.25, 0.3) is 32.1 Å². The first kappa shape index (κ1) is 36.1. The average Bonchev–Trinajstić information content (AvgIpc) is 3.15. The molecule has 1 aromatic heterocycles. The summed E-state index contributed by atoms with van der Waals surface area (Å²) in [6, 6.07) is 13.0. The molecule has 1 heterocycles. The Morgan fingerprint density at radius 3 is 2.08 bits per heavy atom. The van der Waals surface area contributed by atoms with Crippen LogP contribution in [0.1, 0.15) is 23.7 Å². The number of benzene rings is 3. The number of nitrogens with zero attached hydrogens (tertiary/aromatic N) is 1. The Kier molecular flexibility index (Phi) is 12.5. The second-order valence-corrected chi connectivity index (χ2v) is 10.8. The molecule has 2 amide bonds. The standard InChI is InChI=1S/C23H20N4O8S2.ClH.2Na.2H/c1-27-12-14(24)11-19(27)23(29)25-15-5-2-4-13(10-15)22(28)26-18-9-8-16-17(21(18)37(33,34)35)6-3-7-20(16)36(30,31)32;;;;;/h2-12H,24H2,1H3,(H,25,29)(H,26,28)(H,30,31,32)(H,33,34,35);1H;;;;/q;;2*+1;2*-1. The first-order valence-corrected chi connectivity index (χ1v) is 13.3. The van der Waals surface area contributed by atoms with Crippen molar-refractivity contribution in [1.82, 2.24) is 4.57 Å². The Morgan fingerprint density at radius 2 is 1.50 bits per heavy atom. The summed E-state index contributed by atoms with van der Waals surface area (Å²) < 4.78 is 68.7. The molecular formula is C23H23ClN4Na2O8S2. The van der Waals surface area contributed by atoms with Gasteiger partial charge >= 0.3 is 59.1 Å². The van der Waals surface area contributed by atoms with Crippen LogP contribution in [0.2, 0.25) is 0 Å². The average molecular weight is 629 g/mol. The van der Waals surface area contributed by atoms with Gasteiger partial charge in [-0.15, -0.1) is 12.4 Å². The minimum atomic E-state index is -4.97. The van der Waals surface area contributed by atoms with E-state index in [1.54, 1.807) is 13.2 Å². The van der Waals surface area contributed by atoms with Crippen molar-refractivity contribution in [1.29, 1.82) is 0 Å². The van der Waals surface area contributed by atoms with E-state index in [1.807, 2.05) is 0 Å². The van der Waals surface area contributed by atoms with Gasteiger partial charge in [0.1, 0.15) is 15.5 Å². The van der Waals surface area contributed by atoms with E-state index in [-0.39, 0.29) is 108 Å². The molecule has 204 valence electrons. The van der Waals surface area contributed by atoms with Gasteiger partial charge in [-0.05, 0) is 36.4 Å². The second-order valence-electron chi connectivity index (χ2n) is 8.00. The normalized spacial score (nSPS) is 11.0. The van der Waals surface area contributed by atoms with Gasteiger partial charge in [0.2, 0.25) is 0 Å². The van der Waals surface area contributed by atoms with Gasteiger partial charge in [-0.25, -0.2) is 0 Å². The number of nitrogens with one attached hydrogen (secondary N) is 2. The molecule has 40 heavy (non-hydrogen) atoms. The molecule has 0 fully saturated rings. The summed E-state index contributed by atoms with van der Waals surface area (Å²) in [5.41, 5.74) is 6.35. The van der Waals surface area contributed by atoms with Crippen molar-refractivity contribution in [2.24, 2.45) is 7.05 Å². The van der Waals surface area contributed by atoms with Crippen LogP contribution < -0.4 is 75.5 Å². The Bertz CT molecular complexity index is 1820.